The number of nitrogens with one attached hydrogen (secondary N) is 3. The van der Waals surface area contributed by atoms with E-state index in [-0.39, 0.29) is 5.96 Å². The first kappa shape index (κ1) is 17.5. The van der Waals surface area contributed by atoms with Crippen LogP contribution >= 0.6 is 11.6 Å². The van der Waals surface area contributed by atoms with E-state index in [1.54, 1.807) is 42.5 Å². The molecule has 26 heavy (non-hydrogen) atoms. The summed E-state index contributed by atoms with van der Waals surface area (Å²) < 4.78 is 1.11. The van der Waals surface area contributed by atoms with Crippen LogP contribution in [0.4, 0.5) is 21.9 Å². The van der Waals surface area contributed by atoms with Gasteiger partial charge in [0.2, 0.25) is 5.96 Å². The number of carbonyl (C=O) groups excluding carboxylic acids is 1. The fraction of sp³-hybridized carbons (Fsp3) is 0. The number of amides is 2. The monoisotopic (exact) mass is 370 g/mol. The van der Waals surface area contributed by atoms with Crippen LogP contribution in [0, 0.1) is 5.41 Å². The van der Waals surface area contributed by atoms with E-state index in [0.717, 1.165) is 4.68 Å². The molecule has 4 N–H and O–H groups in total. The molecule has 0 fully saturated rings. The van der Waals surface area contributed by atoms with E-state index in [9.17, 15) is 10.0 Å². The van der Waals surface area contributed by atoms with Crippen molar-refractivity contribution in [2.75, 3.05) is 15.7 Å². The third-order valence-corrected chi connectivity index (χ3v) is 3.58. The first-order chi connectivity index (χ1) is 12.5. The second-order valence-electron chi connectivity index (χ2n) is 5.23. The Balaban J connectivity index is 1.65. The van der Waals surface area contributed by atoms with Gasteiger partial charge in [-0.15, -0.1) is 0 Å². The van der Waals surface area contributed by atoms with Crippen molar-refractivity contribution in [3.8, 4) is 0 Å². The molecule has 0 bridgehead atoms. The van der Waals surface area contributed by atoms with Crippen LogP contribution in [-0.4, -0.2) is 27.0 Å². The van der Waals surface area contributed by atoms with Gasteiger partial charge in [-0.1, -0.05) is 35.9 Å². The Labute approximate surface area is 154 Å². The Hall–Kier alpha value is -3.36. The summed E-state index contributed by atoms with van der Waals surface area (Å²) in [4.78, 5) is 12.0. The van der Waals surface area contributed by atoms with E-state index in [4.69, 9.17) is 17.0 Å². The summed E-state index contributed by atoms with van der Waals surface area (Å²) in [5.41, 5.74) is 1.32. The Morgan fingerprint density at radius 1 is 1.12 bits per heavy atom. The van der Waals surface area contributed by atoms with Crippen molar-refractivity contribution >= 4 is 40.7 Å². The Bertz CT molecular complexity index is 928. The number of aromatic nitrogens is 2. The molecular weight excluding hydrogens is 356 g/mol. The van der Waals surface area contributed by atoms with Crippen molar-refractivity contribution in [1.82, 2.24) is 9.78 Å². The SMILES string of the molecule is N=C(N(O)c1cccc(Cl)c1)n1cc(NC(=O)Nc2ccccc2)cn1. The summed E-state index contributed by atoms with van der Waals surface area (Å²) in [6.07, 6.45) is 2.77. The van der Waals surface area contributed by atoms with Crippen molar-refractivity contribution in [1.29, 1.82) is 5.41 Å². The summed E-state index contributed by atoms with van der Waals surface area (Å²) in [5, 5.41) is 28.5. The quantitative estimate of drug-likeness (QED) is 0.319. The fourth-order valence-corrected chi connectivity index (χ4v) is 2.33. The second-order valence-corrected chi connectivity index (χ2v) is 5.67. The Morgan fingerprint density at radius 2 is 1.85 bits per heavy atom. The smallest absolute Gasteiger partial charge is 0.308 e. The molecule has 0 aliphatic carbocycles. The molecule has 8 nitrogen and oxygen atoms in total. The average Bonchev–Trinajstić information content (AvgIpc) is 3.09. The molecule has 1 heterocycles. The third kappa shape index (κ3) is 4.18. The number of para-hydroxylation sites is 1. The van der Waals surface area contributed by atoms with Crippen LogP contribution in [0.2, 0.25) is 5.02 Å². The highest BCUT2D eigenvalue weighted by atomic mass is 35.5. The minimum absolute atomic E-state index is 0.314. The number of rotatable bonds is 3. The zero-order valence-electron chi connectivity index (χ0n) is 13.4. The van der Waals surface area contributed by atoms with Crippen LogP contribution in [0.5, 0.6) is 0 Å². The van der Waals surface area contributed by atoms with E-state index in [1.165, 1.54) is 18.5 Å². The summed E-state index contributed by atoms with van der Waals surface area (Å²) in [7, 11) is 0. The largest absolute Gasteiger partial charge is 0.323 e. The van der Waals surface area contributed by atoms with Gasteiger partial charge in [-0.3, -0.25) is 10.6 Å². The molecule has 0 radical (unpaired) electrons. The summed E-state index contributed by atoms with van der Waals surface area (Å²) in [6.45, 7) is 0. The van der Waals surface area contributed by atoms with Crippen molar-refractivity contribution in [2.24, 2.45) is 0 Å². The maximum atomic E-state index is 12.0. The normalized spacial score (nSPS) is 10.2. The zero-order valence-corrected chi connectivity index (χ0v) is 14.2. The van der Waals surface area contributed by atoms with Crippen LogP contribution < -0.4 is 15.7 Å². The molecule has 0 aliphatic heterocycles. The van der Waals surface area contributed by atoms with Gasteiger partial charge in [-0.2, -0.15) is 10.2 Å². The van der Waals surface area contributed by atoms with Crippen molar-refractivity contribution < 1.29 is 10.0 Å². The van der Waals surface area contributed by atoms with Crippen LogP contribution in [0.15, 0.2) is 67.0 Å². The van der Waals surface area contributed by atoms with Gasteiger partial charge in [0.15, 0.2) is 0 Å². The van der Waals surface area contributed by atoms with Gasteiger partial charge >= 0.3 is 6.03 Å². The molecule has 9 heteroatoms. The number of nitrogens with zero attached hydrogens (tertiary/aromatic N) is 3. The molecule has 0 spiro atoms. The van der Waals surface area contributed by atoms with Gasteiger partial charge in [-0.05, 0) is 30.3 Å². The van der Waals surface area contributed by atoms with Gasteiger partial charge in [-0.25, -0.2) is 9.48 Å². The lowest BCUT2D eigenvalue weighted by Gasteiger charge is -2.17. The van der Waals surface area contributed by atoms with Gasteiger partial charge < -0.3 is 10.6 Å². The summed E-state index contributed by atoms with van der Waals surface area (Å²) in [5.74, 6) is -0.330. The average molecular weight is 371 g/mol. The molecule has 0 unspecified atom stereocenters. The molecule has 3 rings (SSSR count). The second kappa shape index (κ2) is 7.68. The van der Waals surface area contributed by atoms with Gasteiger partial charge in [0.25, 0.3) is 0 Å². The lowest BCUT2D eigenvalue weighted by Crippen LogP contribution is -2.32. The fourth-order valence-electron chi connectivity index (χ4n) is 2.15. The van der Waals surface area contributed by atoms with Gasteiger partial charge in [0.05, 0.1) is 23.8 Å². The zero-order chi connectivity index (χ0) is 18.5. The van der Waals surface area contributed by atoms with Crippen LogP contribution in [0.1, 0.15) is 0 Å². The van der Waals surface area contributed by atoms with E-state index < -0.39 is 6.03 Å². The van der Waals surface area contributed by atoms with Crippen molar-refractivity contribution in [3.63, 3.8) is 0 Å². The number of hydroxylamine groups is 1. The number of anilines is 3. The van der Waals surface area contributed by atoms with Crippen molar-refractivity contribution in [2.45, 2.75) is 0 Å². The first-order valence-electron chi connectivity index (χ1n) is 7.54. The number of halogens is 1. The molecule has 2 aromatic carbocycles. The number of benzene rings is 2. The standard InChI is InChI=1S/C17H15ClN6O2/c18-12-5-4-8-15(9-12)24(26)16(19)23-11-14(10-20-23)22-17(25)21-13-6-2-1-3-7-13/h1-11,19,26H,(H2,21,22,25). The Kier molecular flexibility index (Phi) is 5.16. The van der Waals surface area contributed by atoms with E-state index in [2.05, 4.69) is 15.7 Å². The maximum Gasteiger partial charge on any atom is 0.323 e. The number of urea groups is 1. The molecule has 0 atom stereocenters. The predicted octanol–water partition coefficient (Wildman–Crippen LogP) is 3.86. The molecular formula is C17H15ClN6O2. The van der Waals surface area contributed by atoms with Gasteiger partial charge in [0.1, 0.15) is 0 Å². The lowest BCUT2D eigenvalue weighted by molar-refractivity contribution is 0.262. The number of hydrogen-bond acceptors (Lipinski definition) is 4. The topological polar surface area (TPSA) is 106 Å². The maximum absolute atomic E-state index is 12.0. The minimum Gasteiger partial charge on any atom is -0.308 e. The highest BCUT2D eigenvalue weighted by molar-refractivity contribution is 6.30. The minimum atomic E-state index is -0.446. The molecule has 0 saturated heterocycles. The Morgan fingerprint density at radius 3 is 2.58 bits per heavy atom. The summed E-state index contributed by atoms with van der Waals surface area (Å²) in [6, 6.07) is 14.9. The molecule has 0 saturated carbocycles. The molecule has 132 valence electrons. The number of carbonyl (C=O) groups is 1. The highest BCUT2D eigenvalue weighted by Gasteiger charge is 2.14. The van der Waals surface area contributed by atoms with Gasteiger partial charge in [0, 0.05) is 10.7 Å². The number of hydrogen-bond donors (Lipinski definition) is 4. The van der Waals surface area contributed by atoms with Crippen LogP contribution in [0.25, 0.3) is 0 Å². The summed E-state index contributed by atoms with van der Waals surface area (Å²) >= 11 is 5.88. The van der Waals surface area contributed by atoms with Crippen LogP contribution in [0.3, 0.4) is 0 Å². The molecule has 3 aromatic rings. The van der Waals surface area contributed by atoms with E-state index >= 15 is 0 Å². The lowest BCUT2D eigenvalue weighted by atomic mass is 10.3. The van der Waals surface area contributed by atoms with E-state index in [1.807, 2.05) is 6.07 Å². The van der Waals surface area contributed by atoms with Crippen LogP contribution in [-0.2, 0) is 0 Å². The molecule has 2 amide bonds. The van der Waals surface area contributed by atoms with Crippen molar-refractivity contribution in [3.05, 3.63) is 72.0 Å². The third-order valence-electron chi connectivity index (χ3n) is 3.34. The first-order valence-corrected chi connectivity index (χ1v) is 7.92. The van der Waals surface area contributed by atoms with E-state index in [0.29, 0.717) is 27.1 Å². The highest BCUT2D eigenvalue weighted by Crippen LogP contribution is 2.19. The molecule has 0 aliphatic rings. The predicted molar refractivity (Wildman–Crippen MR) is 100 cm³/mol. The molecule has 1 aromatic heterocycles.